The van der Waals surface area contributed by atoms with E-state index in [9.17, 15) is 9.59 Å². The highest BCUT2D eigenvalue weighted by Gasteiger charge is 2.24. The van der Waals surface area contributed by atoms with Crippen LogP contribution in [0.15, 0.2) is 53.9 Å². The van der Waals surface area contributed by atoms with E-state index in [1.165, 1.54) is 11.3 Å². The van der Waals surface area contributed by atoms with Crippen LogP contribution in [-0.2, 0) is 11.2 Å². The lowest BCUT2D eigenvalue weighted by Crippen LogP contribution is -2.20. The molecule has 25 heavy (non-hydrogen) atoms. The van der Waals surface area contributed by atoms with Crippen LogP contribution in [0.2, 0.25) is 0 Å². The van der Waals surface area contributed by atoms with Crippen LogP contribution in [0.3, 0.4) is 0 Å². The van der Waals surface area contributed by atoms with Gasteiger partial charge in [0.05, 0.1) is 6.42 Å². The molecular formula is C19H15N3O2S. The summed E-state index contributed by atoms with van der Waals surface area (Å²) in [5.41, 5.74) is 3.86. The number of amides is 2. The maximum absolute atomic E-state index is 12.4. The topological polar surface area (TPSA) is 62.3 Å². The number of thiazole rings is 1. The molecule has 0 fully saturated rings. The molecule has 1 aliphatic heterocycles. The molecule has 4 rings (SSSR count). The molecule has 0 radical (unpaired) electrons. The zero-order chi connectivity index (χ0) is 17.4. The number of rotatable bonds is 3. The van der Waals surface area contributed by atoms with Gasteiger partial charge in [0, 0.05) is 29.4 Å². The van der Waals surface area contributed by atoms with Gasteiger partial charge in [-0.15, -0.1) is 11.3 Å². The molecule has 0 saturated heterocycles. The van der Waals surface area contributed by atoms with Gasteiger partial charge in [-0.1, -0.05) is 30.3 Å². The van der Waals surface area contributed by atoms with Gasteiger partial charge in [-0.05, 0) is 23.8 Å². The fourth-order valence-electron chi connectivity index (χ4n) is 2.83. The van der Waals surface area contributed by atoms with Gasteiger partial charge in [0.15, 0.2) is 0 Å². The first-order valence-electron chi connectivity index (χ1n) is 7.83. The molecule has 6 heteroatoms. The third-order valence-corrected chi connectivity index (χ3v) is 5.06. The second-order valence-corrected chi connectivity index (χ2v) is 6.69. The molecule has 124 valence electrons. The molecule has 2 heterocycles. The van der Waals surface area contributed by atoms with E-state index >= 15 is 0 Å². The van der Waals surface area contributed by atoms with Gasteiger partial charge in [0.1, 0.15) is 10.7 Å². The van der Waals surface area contributed by atoms with Crippen LogP contribution in [-0.4, -0.2) is 23.8 Å². The van der Waals surface area contributed by atoms with Gasteiger partial charge >= 0.3 is 0 Å². The normalized spacial score (nSPS) is 13.0. The molecular weight excluding hydrogens is 334 g/mol. The van der Waals surface area contributed by atoms with Gasteiger partial charge in [-0.3, -0.25) is 9.59 Å². The van der Waals surface area contributed by atoms with Crippen LogP contribution < -0.4 is 10.2 Å². The van der Waals surface area contributed by atoms with Crippen molar-refractivity contribution < 1.29 is 9.59 Å². The first-order chi connectivity index (χ1) is 12.1. The van der Waals surface area contributed by atoms with Crippen LogP contribution >= 0.6 is 11.3 Å². The van der Waals surface area contributed by atoms with Crippen molar-refractivity contribution in [3.05, 3.63) is 65.2 Å². The molecule has 3 aromatic rings. The Balaban J connectivity index is 1.53. The van der Waals surface area contributed by atoms with Crippen molar-refractivity contribution in [2.24, 2.45) is 0 Å². The van der Waals surface area contributed by atoms with E-state index in [1.807, 2.05) is 42.5 Å². The fourth-order valence-corrected chi connectivity index (χ4v) is 3.64. The van der Waals surface area contributed by atoms with Crippen molar-refractivity contribution >= 4 is 34.5 Å². The summed E-state index contributed by atoms with van der Waals surface area (Å²) < 4.78 is 0. The van der Waals surface area contributed by atoms with Crippen molar-refractivity contribution in [1.82, 2.24) is 4.98 Å². The second kappa shape index (κ2) is 6.14. The van der Waals surface area contributed by atoms with Crippen LogP contribution in [0.25, 0.3) is 10.6 Å². The maximum Gasteiger partial charge on any atom is 0.275 e. The summed E-state index contributed by atoms with van der Waals surface area (Å²) in [7, 11) is 1.76. The van der Waals surface area contributed by atoms with Gasteiger partial charge < -0.3 is 10.2 Å². The molecule has 1 aliphatic rings. The van der Waals surface area contributed by atoms with Crippen molar-refractivity contribution in [1.29, 1.82) is 0 Å². The molecule has 0 spiro atoms. The van der Waals surface area contributed by atoms with Crippen LogP contribution in [0.4, 0.5) is 11.4 Å². The zero-order valence-electron chi connectivity index (χ0n) is 13.5. The molecule has 1 aromatic heterocycles. The smallest absolute Gasteiger partial charge is 0.275 e. The quantitative estimate of drug-likeness (QED) is 0.786. The number of hydrogen-bond donors (Lipinski definition) is 1. The number of fused-ring (bicyclic) bond motifs is 1. The summed E-state index contributed by atoms with van der Waals surface area (Å²) in [4.78, 5) is 30.2. The van der Waals surface area contributed by atoms with Crippen LogP contribution in [0, 0.1) is 0 Å². The molecule has 0 bridgehead atoms. The summed E-state index contributed by atoms with van der Waals surface area (Å²) >= 11 is 1.44. The van der Waals surface area contributed by atoms with Crippen molar-refractivity contribution in [2.75, 3.05) is 17.3 Å². The number of aromatic nitrogens is 1. The Morgan fingerprint density at radius 1 is 1.20 bits per heavy atom. The number of benzene rings is 2. The summed E-state index contributed by atoms with van der Waals surface area (Å²) in [5.74, 6) is -0.193. The first kappa shape index (κ1) is 15.5. The highest BCUT2D eigenvalue weighted by atomic mass is 32.1. The van der Waals surface area contributed by atoms with Gasteiger partial charge in [-0.2, -0.15) is 0 Å². The predicted octanol–water partition coefficient (Wildman–Crippen LogP) is 3.58. The summed E-state index contributed by atoms with van der Waals surface area (Å²) in [5, 5.41) is 5.42. The predicted molar refractivity (Wildman–Crippen MR) is 99.1 cm³/mol. The number of carbonyl (C=O) groups excluding carboxylic acids is 2. The van der Waals surface area contributed by atoms with E-state index in [4.69, 9.17) is 0 Å². The first-order valence-corrected chi connectivity index (χ1v) is 8.71. The van der Waals surface area contributed by atoms with Crippen molar-refractivity contribution in [3.8, 4) is 10.6 Å². The van der Waals surface area contributed by atoms with E-state index < -0.39 is 0 Å². The minimum Gasteiger partial charge on any atom is -0.321 e. The largest absolute Gasteiger partial charge is 0.321 e. The number of nitrogens with zero attached hydrogens (tertiary/aromatic N) is 2. The lowest BCUT2D eigenvalue weighted by Gasteiger charge is -2.10. The molecule has 5 nitrogen and oxygen atoms in total. The fraction of sp³-hybridized carbons (Fsp3) is 0.105. The Kier molecular flexibility index (Phi) is 3.82. The number of hydrogen-bond acceptors (Lipinski definition) is 4. The molecule has 0 saturated carbocycles. The van der Waals surface area contributed by atoms with E-state index in [0.717, 1.165) is 21.8 Å². The van der Waals surface area contributed by atoms with Crippen LogP contribution in [0.5, 0.6) is 0 Å². The standard InChI is InChI=1S/C19H15N3O2S/c1-22-16-8-7-14(9-13(16)10-17(22)23)20-18(24)15-11-25-19(21-15)12-5-3-2-4-6-12/h2-9,11H,10H2,1H3,(H,20,24). The molecule has 0 aliphatic carbocycles. The maximum atomic E-state index is 12.4. The minimum atomic E-state index is -0.254. The number of anilines is 2. The van der Waals surface area contributed by atoms with Crippen molar-refractivity contribution in [2.45, 2.75) is 6.42 Å². The number of nitrogens with one attached hydrogen (secondary N) is 1. The van der Waals surface area contributed by atoms with Gasteiger partial charge in [0.2, 0.25) is 5.91 Å². The number of likely N-dealkylation sites (N-methyl/N-ethyl adjacent to an activating group) is 1. The second-order valence-electron chi connectivity index (χ2n) is 5.83. The van der Waals surface area contributed by atoms with E-state index in [1.54, 1.807) is 23.4 Å². The lowest BCUT2D eigenvalue weighted by atomic mass is 10.1. The lowest BCUT2D eigenvalue weighted by molar-refractivity contribution is -0.117. The molecule has 1 N–H and O–H groups in total. The highest BCUT2D eigenvalue weighted by Crippen LogP contribution is 2.30. The van der Waals surface area contributed by atoms with E-state index in [-0.39, 0.29) is 11.8 Å². The number of carbonyl (C=O) groups is 2. The van der Waals surface area contributed by atoms with Crippen LogP contribution in [0.1, 0.15) is 16.1 Å². The Labute approximate surface area is 148 Å². The summed E-state index contributed by atoms with van der Waals surface area (Å²) in [6, 6.07) is 15.3. The SMILES string of the molecule is CN1C(=O)Cc2cc(NC(=O)c3csc(-c4ccccc4)n3)ccc21. The Bertz CT molecular complexity index is 966. The Hall–Kier alpha value is -2.99. The molecule has 2 aromatic carbocycles. The average Bonchev–Trinajstić information content (AvgIpc) is 3.22. The molecule has 0 atom stereocenters. The third kappa shape index (κ3) is 2.92. The Morgan fingerprint density at radius 3 is 2.80 bits per heavy atom. The summed E-state index contributed by atoms with van der Waals surface area (Å²) in [6.45, 7) is 0. The molecule has 0 unspecified atom stereocenters. The highest BCUT2D eigenvalue weighted by molar-refractivity contribution is 7.13. The van der Waals surface area contributed by atoms with E-state index in [0.29, 0.717) is 17.8 Å². The van der Waals surface area contributed by atoms with Gasteiger partial charge in [0.25, 0.3) is 5.91 Å². The monoisotopic (exact) mass is 349 g/mol. The zero-order valence-corrected chi connectivity index (χ0v) is 14.3. The third-order valence-electron chi connectivity index (χ3n) is 4.17. The minimum absolute atomic E-state index is 0.0606. The Morgan fingerprint density at radius 2 is 2.00 bits per heavy atom. The van der Waals surface area contributed by atoms with E-state index in [2.05, 4.69) is 10.3 Å². The molecule has 2 amide bonds. The summed E-state index contributed by atoms with van der Waals surface area (Å²) in [6.07, 6.45) is 0.365. The van der Waals surface area contributed by atoms with Gasteiger partial charge in [-0.25, -0.2) is 4.98 Å². The average molecular weight is 349 g/mol. The van der Waals surface area contributed by atoms with Crippen molar-refractivity contribution in [3.63, 3.8) is 0 Å².